The Hall–Kier alpha value is -3.14. The maximum absolute atomic E-state index is 13.6. The van der Waals surface area contributed by atoms with E-state index in [0.717, 1.165) is 23.2 Å². The zero-order valence-electron chi connectivity index (χ0n) is 14.1. The molecule has 0 saturated carbocycles. The van der Waals surface area contributed by atoms with E-state index in [9.17, 15) is 22.4 Å². The molecule has 11 heteroatoms. The van der Waals surface area contributed by atoms with E-state index in [1.807, 2.05) is 0 Å². The van der Waals surface area contributed by atoms with Crippen LogP contribution >= 0.6 is 11.6 Å². The third-order valence-electron chi connectivity index (χ3n) is 3.61. The van der Waals surface area contributed by atoms with E-state index in [2.05, 4.69) is 10.1 Å². The summed E-state index contributed by atoms with van der Waals surface area (Å²) < 4.78 is 59.1. The summed E-state index contributed by atoms with van der Waals surface area (Å²) in [7, 11) is 1.27. The van der Waals surface area contributed by atoms with Gasteiger partial charge in [-0.3, -0.25) is 4.90 Å². The summed E-state index contributed by atoms with van der Waals surface area (Å²) in [5, 5.41) is 3.59. The highest BCUT2D eigenvalue weighted by molar-refractivity contribution is 6.29. The minimum Gasteiger partial charge on any atom is -0.406 e. The zero-order chi connectivity index (χ0) is 20.5. The molecule has 3 rings (SSSR count). The smallest absolute Gasteiger partial charge is 0.406 e. The Morgan fingerprint density at radius 3 is 2.46 bits per heavy atom. The molecule has 0 N–H and O–H groups in total. The lowest BCUT2D eigenvalue weighted by Gasteiger charge is -2.17. The van der Waals surface area contributed by atoms with Crippen molar-refractivity contribution in [2.24, 2.45) is 0 Å². The van der Waals surface area contributed by atoms with Gasteiger partial charge in [-0.15, -0.1) is 0 Å². The third kappa shape index (κ3) is 4.06. The highest BCUT2D eigenvalue weighted by Gasteiger charge is 2.41. The molecule has 6 nitrogen and oxygen atoms in total. The number of carbonyl (C=O) groups is 1. The minimum atomic E-state index is -4.90. The molecule has 1 amide bonds. The molecular formula is C17H11ClF4N4O2. The summed E-state index contributed by atoms with van der Waals surface area (Å²) >= 11 is 5.72. The van der Waals surface area contributed by atoms with Crippen LogP contribution in [0.4, 0.5) is 28.0 Å². The van der Waals surface area contributed by atoms with E-state index in [-0.39, 0.29) is 16.7 Å². The fourth-order valence-corrected chi connectivity index (χ4v) is 2.45. The summed E-state index contributed by atoms with van der Waals surface area (Å²) in [5.74, 6) is -1.54. The van der Waals surface area contributed by atoms with Crippen molar-refractivity contribution in [2.75, 3.05) is 11.9 Å². The number of hydrogen-bond donors (Lipinski definition) is 0. The largest absolute Gasteiger partial charge is 0.437 e. The first-order valence-electron chi connectivity index (χ1n) is 7.66. The maximum atomic E-state index is 13.6. The Labute approximate surface area is 160 Å². The molecule has 0 saturated heterocycles. The second-order valence-corrected chi connectivity index (χ2v) is 5.88. The van der Waals surface area contributed by atoms with Crippen molar-refractivity contribution in [1.82, 2.24) is 14.8 Å². The number of anilines is 1. The Balaban J connectivity index is 1.94. The normalized spacial score (nSPS) is 11.4. The molecule has 0 bridgehead atoms. The summed E-state index contributed by atoms with van der Waals surface area (Å²) in [6.07, 6.45) is -5.26. The number of nitrogens with zero attached hydrogens (tertiary/aromatic N) is 4. The topological polar surface area (TPSA) is 60.3 Å². The molecule has 0 radical (unpaired) electrons. The van der Waals surface area contributed by atoms with Crippen molar-refractivity contribution < 1.29 is 27.1 Å². The molecule has 0 unspecified atom stereocenters. The fraction of sp³-hybridized carbons (Fsp3) is 0.118. The van der Waals surface area contributed by atoms with Crippen LogP contribution in [0.2, 0.25) is 5.15 Å². The number of rotatable bonds is 3. The first-order valence-corrected chi connectivity index (χ1v) is 8.04. The van der Waals surface area contributed by atoms with Gasteiger partial charge in [0.25, 0.3) is 0 Å². The van der Waals surface area contributed by atoms with Crippen LogP contribution in [0.3, 0.4) is 0 Å². The highest BCUT2D eigenvalue weighted by Crippen LogP contribution is 2.37. The quantitative estimate of drug-likeness (QED) is 0.460. The second-order valence-electron chi connectivity index (χ2n) is 5.49. The molecule has 146 valence electrons. The van der Waals surface area contributed by atoms with Gasteiger partial charge in [0.1, 0.15) is 11.0 Å². The van der Waals surface area contributed by atoms with Gasteiger partial charge in [-0.05, 0) is 36.4 Å². The van der Waals surface area contributed by atoms with Gasteiger partial charge in [0.2, 0.25) is 0 Å². The number of carbonyl (C=O) groups excluding carboxylic acids is 1. The summed E-state index contributed by atoms with van der Waals surface area (Å²) in [6.45, 7) is 0. The van der Waals surface area contributed by atoms with Crippen molar-refractivity contribution in [3.05, 3.63) is 65.3 Å². The lowest BCUT2D eigenvalue weighted by atomic mass is 10.3. The molecule has 28 heavy (non-hydrogen) atoms. The lowest BCUT2D eigenvalue weighted by molar-refractivity contribution is -0.143. The van der Waals surface area contributed by atoms with Crippen molar-refractivity contribution in [3.63, 3.8) is 0 Å². The van der Waals surface area contributed by atoms with Gasteiger partial charge >= 0.3 is 12.3 Å². The number of amides is 1. The number of ether oxygens (including phenoxy) is 1. The molecule has 0 spiro atoms. The molecule has 0 aliphatic carbocycles. The molecule has 1 aromatic carbocycles. The van der Waals surface area contributed by atoms with Gasteiger partial charge in [0.15, 0.2) is 17.3 Å². The first kappa shape index (κ1) is 19.6. The van der Waals surface area contributed by atoms with Gasteiger partial charge in [0.05, 0.1) is 6.20 Å². The van der Waals surface area contributed by atoms with Gasteiger partial charge in [-0.25, -0.2) is 18.9 Å². The molecule has 3 aromatic rings. The lowest BCUT2D eigenvalue weighted by Crippen LogP contribution is -2.30. The molecule has 0 fully saturated rings. The number of hydrogen-bond acceptors (Lipinski definition) is 4. The van der Waals surface area contributed by atoms with Crippen molar-refractivity contribution in [3.8, 4) is 11.6 Å². The molecule has 0 aliphatic heterocycles. The number of halogens is 5. The molecule has 0 atom stereocenters. The van der Waals surface area contributed by atoms with Crippen molar-refractivity contribution in [1.29, 1.82) is 0 Å². The SMILES string of the molecule is CN(C(=O)Oc1cnn(-c2cccc(Cl)n2)c1C(F)(F)F)c1ccc(F)cc1. The zero-order valence-corrected chi connectivity index (χ0v) is 14.9. The van der Waals surface area contributed by atoms with Gasteiger partial charge < -0.3 is 4.74 Å². The van der Waals surface area contributed by atoms with Crippen LogP contribution in [0.15, 0.2) is 48.7 Å². The van der Waals surface area contributed by atoms with E-state index in [0.29, 0.717) is 4.68 Å². The number of benzene rings is 1. The van der Waals surface area contributed by atoms with Gasteiger partial charge in [-0.1, -0.05) is 17.7 Å². The fourth-order valence-electron chi connectivity index (χ4n) is 2.29. The van der Waals surface area contributed by atoms with Crippen LogP contribution in [-0.2, 0) is 6.18 Å². The van der Waals surface area contributed by atoms with Crippen molar-refractivity contribution in [2.45, 2.75) is 6.18 Å². The molecule has 2 aromatic heterocycles. The predicted octanol–water partition coefficient (Wildman–Crippen LogP) is 4.71. The number of aromatic nitrogens is 3. The van der Waals surface area contributed by atoms with Gasteiger partial charge in [0, 0.05) is 12.7 Å². The Kier molecular flexibility index (Phi) is 5.23. The molecule has 2 heterocycles. The van der Waals surface area contributed by atoms with E-state index < -0.39 is 29.5 Å². The second kappa shape index (κ2) is 7.47. The summed E-state index contributed by atoms with van der Waals surface area (Å²) in [4.78, 5) is 17.0. The Morgan fingerprint density at radius 2 is 1.86 bits per heavy atom. The van der Waals surface area contributed by atoms with Crippen LogP contribution in [0.5, 0.6) is 5.75 Å². The summed E-state index contributed by atoms with van der Waals surface area (Å²) in [6, 6.07) is 8.82. The van der Waals surface area contributed by atoms with Crippen LogP contribution in [0.1, 0.15) is 5.69 Å². The Bertz CT molecular complexity index is 1010. The molecule has 0 aliphatic rings. The predicted molar refractivity (Wildman–Crippen MR) is 92.2 cm³/mol. The van der Waals surface area contributed by atoms with E-state index in [1.165, 1.54) is 37.4 Å². The third-order valence-corrected chi connectivity index (χ3v) is 3.82. The van der Waals surface area contributed by atoms with Crippen LogP contribution in [-0.4, -0.2) is 27.9 Å². The van der Waals surface area contributed by atoms with E-state index >= 15 is 0 Å². The number of alkyl halides is 3. The number of pyridine rings is 1. The molecular weight excluding hydrogens is 404 g/mol. The van der Waals surface area contributed by atoms with Crippen LogP contribution < -0.4 is 9.64 Å². The average molecular weight is 415 g/mol. The van der Waals surface area contributed by atoms with E-state index in [4.69, 9.17) is 16.3 Å². The highest BCUT2D eigenvalue weighted by atomic mass is 35.5. The van der Waals surface area contributed by atoms with Crippen LogP contribution in [0, 0.1) is 5.82 Å². The monoisotopic (exact) mass is 414 g/mol. The standard InChI is InChI=1S/C17H11ClF4N4O2/c1-25(11-7-5-10(19)6-8-11)16(27)28-12-9-23-26(15(12)17(20,21)22)14-4-2-3-13(18)24-14/h2-9H,1H3. The van der Waals surface area contributed by atoms with Gasteiger partial charge in [-0.2, -0.15) is 18.3 Å². The summed E-state index contributed by atoms with van der Waals surface area (Å²) in [5.41, 5.74) is -1.10. The van der Waals surface area contributed by atoms with E-state index in [1.54, 1.807) is 0 Å². The van der Waals surface area contributed by atoms with Crippen molar-refractivity contribution >= 4 is 23.4 Å². The minimum absolute atomic E-state index is 0.0317. The first-order chi connectivity index (χ1) is 13.2. The van der Waals surface area contributed by atoms with Crippen LogP contribution in [0.25, 0.3) is 5.82 Å². The maximum Gasteiger partial charge on any atom is 0.437 e. The average Bonchev–Trinajstić information content (AvgIpc) is 3.05. The Morgan fingerprint density at radius 1 is 1.18 bits per heavy atom.